The summed E-state index contributed by atoms with van der Waals surface area (Å²) in [7, 11) is 0. The highest BCUT2D eigenvalue weighted by Crippen LogP contribution is 2.22. The smallest absolute Gasteiger partial charge is 0.258 e. The van der Waals surface area contributed by atoms with E-state index in [0.29, 0.717) is 5.75 Å². The molecule has 0 aliphatic rings. The van der Waals surface area contributed by atoms with Crippen LogP contribution in [0.2, 0.25) is 0 Å². The lowest BCUT2D eigenvalue weighted by Crippen LogP contribution is -2.31. The van der Waals surface area contributed by atoms with Gasteiger partial charge in [-0.05, 0) is 49.1 Å². The van der Waals surface area contributed by atoms with Crippen LogP contribution in [0.3, 0.4) is 0 Å². The molecule has 0 spiro atoms. The van der Waals surface area contributed by atoms with E-state index in [1.165, 1.54) is 4.90 Å². The van der Waals surface area contributed by atoms with E-state index >= 15 is 0 Å². The van der Waals surface area contributed by atoms with E-state index in [1.807, 2.05) is 61.7 Å². The highest BCUT2D eigenvalue weighted by molar-refractivity contribution is 9.10. The average Bonchev–Trinajstić information content (AvgIpc) is 2.53. The van der Waals surface area contributed by atoms with Gasteiger partial charge in [0.05, 0.1) is 6.04 Å². The maximum atomic E-state index is 12.0. The molecule has 3 nitrogen and oxygen atoms in total. The Morgan fingerprint density at radius 3 is 2.55 bits per heavy atom. The summed E-state index contributed by atoms with van der Waals surface area (Å²) in [5, 5.41) is 2.93. The molecule has 2 aromatic rings. The molecule has 5 heteroatoms. The van der Waals surface area contributed by atoms with Gasteiger partial charge >= 0.3 is 0 Å². The second kappa shape index (κ2) is 8.25. The summed E-state index contributed by atoms with van der Waals surface area (Å²) < 4.78 is 6.48. The Morgan fingerprint density at radius 1 is 1.23 bits per heavy atom. The number of benzene rings is 2. The standard InChI is InChI=1S/C17H18BrNO2S/c1-12(15-5-3-4-6-16(15)18)19-17(20)11-21-13-7-9-14(22-2)10-8-13/h3-10,12H,11H2,1-2H3,(H,19,20)/t12-/m1/s1. The van der Waals surface area contributed by atoms with Gasteiger partial charge < -0.3 is 10.1 Å². The fraction of sp³-hybridized carbons (Fsp3) is 0.235. The highest BCUT2D eigenvalue weighted by Gasteiger charge is 2.12. The van der Waals surface area contributed by atoms with Gasteiger partial charge in [-0.15, -0.1) is 11.8 Å². The highest BCUT2D eigenvalue weighted by atomic mass is 79.9. The first-order chi connectivity index (χ1) is 10.6. The maximum Gasteiger partial charge on any atom is 0.258 e. The Balaban J connectivity index is 1.86. The number of amides is 1. The van der Waals surface area contributed by atoms with E-state index in [0.717, 1.165) is 10.0 Å². The van der Waals surface area contributed by atoms with Gasteiger partial charge in [-0.1, -0.05) is 34.1 Å². The first kappa shape index (κ1) is 16.9. The molecule has 22 heavy (non-hydrogen) atoms. The number of hydrogen-bond acceptors (Lipinski definition) is 3. The topological polar surface area (TPSA) is 38.3 Å². The number of halogens is 1. The minimum absolute atomic E-state index is 0.00735. The number of carbonyl (C=O) groups excluding carboxylic acids is 1. The van der Waals surface area contributed by atoms with Crippen LogP contribution in [-0.4, -0.2) is 18.8 Å². The third-order valence-corrected chi connectivity index (χ3v) is 4.64. The van der Waals surface area contributed by atoms with E-state index in [9.17, 15) is 4.79 Å². The predicted molar refractivity (Wildman–Crippen MR) is 94.4 cm³/mol. The number of nitrogens with one attached hydrogen (secondary N) is 1. The number of rotatable bonds is 6. The zero-order valence-corrected chi connectivity index (χ0v) is 14.9. The SMILES string of the molecule is CSc1ccc(OCC(=O)N[C@H](C)c2ccccc2Br)cc1. The Hall–Kier alpha value is -1.46. The van der Waals surface area contributed by atoms with Gasteiger partial charge in [-0.25, -0.2) is 0 Å². The number of carbonyl (C=O) groups is 1. The third kappa shape index (κ3) is 4.78. The Kier molecular flexibility index (Phi) is 6.34. The van der Waals surface area contributed by atoms with E-state index < -0.39 is 0 Å². The van der Waals surface area contributed by atoms with Crippen molar-refractivity contribution in [3.63, 3.8) is 0 Å². The number of thioether (sulfide) groups is 1. The molecule has 1 N–H and O–H groups in total. The molecule has 0 saturated heterocycles. The van der Waals surface area contributed by atoms with Crippen molar-refractivity contribution in [3.05, 3.63) is 58.6 Å². The van der Waals surface area contributed by atoms with Crippen LogP contribution in [0.15, 0.2) is 57.9 Å². The van der Waals surface area contributed by atoms with Crippen LogP contribution in [0.1, 0.15) is 18.5 Å². The summed E-state index contributed by atoms with van der Waals surface area (Å²) in [6.45, 7) is 1.96. The first-order valence-electron chi connectivity index (χ1n) is 6.91. The van der Waals surface area contributed by atoms with Gasteiger partial charge in [0.15, 0.2) is 6.61 Å². The summed E-state index contributed by atoms with van der Waals surface area (Å²) in [6, 6.07) is 15.5. The van der Waals surface area contributed by atoms with Crippen molar-refractivity contribution < 1.29 is 9.53 Å². The molecule has 116 valence electrons. The Bertz CT molecular complexity index is 631. The van der Waals surface area contributed by atoms with Crippen LogP contribution in [0.4, 0.5) is 0 Å². The average molecular weight is 380 g/mol. The lowest BCUT2D eigenvalue weighted by molar-refractivity contribution is -0.123. The van der Waals surface area contributed by atoms with E-state index in [-0.39, 0.29) is 18.6 Å². The van der Waals surface area contributed by atoms with Crippen molar-refractivity contribution >= 4 is 33.6 Å². The van der Waals surface area contributed by atoms with Crippen LogP contribution in [0.25, 0.3) is 0 Å². The van der Waals surface area contributed by atoms with Gasteiger partial charge in [0.25, 0.3) is 5.91 Å². The maximum absolute atomic E-state index is 12.0. The van der Waals surface area contributed by atoms with Gasteiger partial charge in [0.1, 0.15) is 5.75 Å². The van der Waals surface area contributed by atoms with E-state index in [4.69, 9.17) is 4.74 Å². The zero-order valence-electron chi connectivity index (χ0n) is 12.5. The number of hydrogen-bond donors (Lipinski definition) is 1. The molecule has 0 aromatic heterocycles. The molecule has 0 unspecified atom stereocenters. The molecule has 2 aromatic carbocycles. The van der Waals surface area contributed by atoms with Crippen LogP contribution < -0.4 is 10.1 Å². The van der Waals surface area contributed by atoms with Crippen molar-refractivity contribution in [2.45, 2.75) is 17.9 Å². The Morgan fingerprint density at radius 2 is 1.91 bits per heavy atom. The molecule has 2 rings (SSSR count). The van der Waals surface area contributed by atoms with Gasteiger partial charge in [-0.2, -0.15) is 0 Å². The molecule has 0 aliphatic carbocycles. The Labute approximate surface area is 143 Å². The molecule has 0 heterocycles. The van der Waals surface area contributed by atoms with Gasteiger partial charge in [-0.3, -0.25) is 4.79 Å². The molecule has 1 atom stereocenters. The summed E-state index contributed by atoms with van der Waals surface area (Å²) in [5.74, 6) is 0.554. The summed E-state index contributed by atoms with van der Waals surface area (Å²) in [4.78, 5) is 13.1. The molecule has 0 bridgehead atoms. The minimum atomic E-state index is -0.141. The predicted octanol–water partition coefficient (Wildman–Crippen LogP) is 4.43. The monoisotopic (exact) mass is 379 g/mol. The minimum Gasteiger partial charge on any atom is -0.484 e. The summed E-state index contributed by atoms with van der Waals surface area (Å²) in [5.41, 5.74) is 1.04. The van der Waals surface area contributed by atoms with Crippen molar-refractivity contribution in [1.82, 2.24) is 5.32 Å². The van der Waals surface area contributed by atoms with Crippen LogP contribution in [0.5, 0.6) is 5.75 Å². The van der Waals surface area contributed by atoms with Gasteiger partial charge in [0, 0.05) is 9.37 Å². The fourth-order valence-corrected chi connectivity index (χ4v) is 3.04. The molecular formula is C17H18BrNO2S. The first-order valence-corrected chi connectivity index (χ1v) is 8.92. The lowest BCUT2D eigenvalue weighted by atomic mass is 10.1. The fourth-order valence-electron chi connectivity index (χ4n) is 2.01. The second-order valence-electron chi connectivity index (χ2n) is 4.77. The van der Waals surface area contributed by atoms with Gasteiger partial charge in [0.2, 0.25) is 0 Å². The molecule has 0 radical (unpaired) electrons. The lowest BCUT2D eigenvalue weighted by Gasteiger charge is -2.16. The normalized spacial score (nSPS) is 11.8. The summed E-state index contributed by atoms with van der Waals surface area (Å²) in [6.07, 6.45) is 2.02. The quantitative estimate of drug-likeness (QED) is 0.754. The molecule has 0 saturated carbocycles. The molecule has 1 amide bonds. The second-order valence-corrected chi connectivity index (χ2v) is 6.51. The van der Waals surface area contributed by atoms with Crippen molar-refractivity contribution in [1.29, 1.82) is 0 Å². The van der Waals surface area contributed by atoms with Crippen LogP contribution >= 0.6 is 27.7 Å². The summed E-state index contributed by atoms with van der Waals surface area (Å²) >= 11 is 5.16. The van der Waals surface area contributed by atoms with E-state index in [2.05, 4.69) is 21.2 Å². The zero-order chi connectivity index (χ0) is 15.9. The van der Waals surface area contributed by atoms with Crippen LogP contribution in [0, 0.1) is 0 Å². The van der Waals surface area contributed by atoms with Crippen molar-refractivity contribution in [2.75, 3.05) is 12.9 Å². The third-order valence-electron chi connectivity index (χ3n) is 3.18. The van der Waals surface area contributed by atoms with Crippen molar-refractivity contribution in [3.8, 4) is 5.75 Å². The molecular weight excluding hydrogens is 362 g/mol. The molecule has 0 aliphatic heterocycles. The van der Waals surface area contributed by atoms with E-state index in [1.54, 1.807) is 11.8 Å². The number of ether oxygens (including phenoxy) is 1. The van der Waals surface area contributed by atoms with Crippen molar-refractivity contribution in [2.24, 2.45) is 0 Å². The van der Waals surface area contributed by atoms with Crippen LogP contribution in [-0.2, 0) is 4.79 Å². The largest absolute Gasteiger partial charge is 0.484 e. The molecule has 0 fully saturated rings.